The second-order valence-corrected chi connectivity index (χ2v) is 11.9. The van der Waals surface area contributed by atoms with E-state index in [4.69, 9.17) is 40.0 Å². The monoisotopic (exact) mass is 619 g/mol. The highest BCUT2D eigenvalue weighted by atomic mass is 35.5. The highest BCUT2D eigenvalue weighted by molar-refractivity contribution is 6.19. The Hall–Kier alpha value is -3.57. The molecular formula is C31H38ClNO10. The topological polar surface area (TPSA) is 127 Å². The summed E-state index contributed by atoms with van der Waals surface area (Å²) in [6.07, 6.45) is -5.76. The molecule has 0 aromatic heterocycles. The van der Waals surface area contributed by atoms with Gasteiger partial charge in [-0.25, -0.2) is 4.79 Å². The summed E-state index contributed by atoms with van der Waals surface area (Å²) in [6, 6.07) is 9.20. The lowest BCUT2D eigenvalue weighted by Crippen LogP contribution is -2.62. The van der Waals surface area contributed by atoms with Crippen molar-refractivity contribution < 1.29 is 47.6 Å². The van der Waals surface area contributed by atoms with Gasteiger partial charge in [-0.2, -0.15) is 0 Å². The van der Waals surface area contributed by atoms with Crippen LogP contribution in [0.4, 0.5) is 10.5 Å². The van der Waals surface area contributed by atoms with Gasteiger partial charge in [-0.1, -0.05) is 31.2 Å². The molecule has 2 heterocycles. The number of rotatable bonds is 7. The molecule has 43 heavy (non-hydrogen) atoms. The third kappa shape index (κ3) is 7.15. The maximum Gasteiger partial charge on any atom is 0.414 e. The Morgan fingerprint density at radius 1 is 0.930 bits per heavy atom. The second kappa shape index (κ2) is 13.0. The normalized spacial score (nSPS) is 25.1. The Bertz CT molecular complexity index is 1390. The van der Waals surface area contributed by atoms with Crippen molar-refractivity contribution in [3.8, 4) is 5.75 Å². The first-order valence-corrected chi connectivity index (χ1v) is 14.7. The van der Waals surface area contributed by atoms with Gasteiger partial charge in [-0.05, 0) is 38.1 Å². The standard InChI is InChI=1S/C31H38ClNO10/c1-8-23-26(38-16(2)34)27(39-17(3)35)28(40-18(4)36)29(41-23)42-24-13-22-25(21-12-10-9-11-20(21)24)19(14-32)15-33(22)30(37)43-31(5,6)7/h9-13,19,23,26-29H,8,14-15H2,1-7H3/t19-,23-,26+,27+,28-,29+/m1/s1. The van der Waals surface area contributed by atoms with Crippen LogP contribution in [0.2, 0.25) is 0 Å². The number of halogens is 1. The molecule has 0 bridgehead atoms. The lowest BCUT2D eigenvalue weighted by atomic mass is 9.95. The molecular weight excluding hydrogens is 582 g/mol. The van der Waals surface area contributed by atoms with Crippen molar-refractivity contribution >= 4 is 52.1 Å². The molecule has 2 aliphatic heterocycles. The quantitative estimate of drug-likeness (QED) is 0.231. The molecule has 11 nitrogen and oxygen atoms in total. The maximum absolute atomic E-state index is 13.3. The molecule has 2 aromatic rings. The summed E-state index contributed by atoms with van der Waals surface area (Å²) in [7, 11) is 0. The number of alkyl halides is 1. The van der Waals surface area contributed by atoms with E-state index in [2.05, 4.69) is 0 Å². The van der Waals surface area contributed by atoms with Crippen LogP contribution < -0.4 is 9.64 Å². The van der Waals surface area contributed by atoms with Gasteiger partial charge in [0.2, 0.25) is 12.4 Å². The minimum Gasteiger partial charge on any atom is -0.460 e. The lowest BCUT2D eigenvalue weighted by molar-refractivity contribution is -0.283. The largest absolute Gasteiger partial charge is 0.460 e. The van der Waals surface area contributed by atoms with Gasteiger partial charge < -0.3 is 28.4 Å². The number of anilines is 1. The molecule has 234 valence electrons. The first-order valence-electron chi connectivity index (χ1n) is 14.2. The molecule has 0 spiro atoms. The highest BCUT2D eigenvalue weighted by Gasteiger charge is 2.52. The molecule has 6 atom stereocenters. The van der Waals surface area contributed by atoms with Gasteiger partial charge in [0.25, 0.3) is 0 Å². The molecule has 4 rings (SSSR count). The minimum absolute atomic E-state index is 0.162. The predicted molar refractivity (Wildman–Crippen MR) is 157 cm³/mol. The van der Waals surface area contributed by atoms with E-state index in [0.29, 0.717) is 29.8 Å². The summed E-state index contributed by atoms with van der Waals surface area (Å²) >= 11 is 6.39. The summed E-state index contributed by atoms with van der Waals surface area (Å²) in [5, 5.41) is 1.51. The molecule has 1 fully saturated rings. The Kier molecular flexibility index (Phi) is 9.76. The number of carbonyl (C=O) groups is 4. The SMILES string of the molecule is CC[C@H]1O[C@@H](Oc2cc3c(c4ccccc24)[C@H](CCl)CN3C(=O)OC(C)(C)C)[C@H](OC(C)=O)[C@@H](OC(C)=O)[C@H]1OC(C)=O. The second-order valence-electron chi connectivity index (χ2n) is 11.6. The fourth-order valence-electron chi connectivity index (χ4n) is 5.53. The van der Waals surface area contributed by atoms with Crippen molar-refractivity contribution in [2.75, 3.05) is 17.3 Å². The summed E-state index contributed by atoms with van der Waals surface area (Å²) in [6.45, 7) is 11.1. The fourth-order valence-corrected chi connectivity index (χ4v) is 5.78. The van der Waals surface area contributed by atoms with Crippen LogP contribution in [-0.2, 0) is 38.1 Å². The molecule has 0 aliphatic carbocycles. The first kappa shape index (κ1) is 32.3. The van der Waals surface area contributed by atoms with E-state index < -0.39 is 60.3 Å². The molecule has 1 saturated heterocycles. The van der Waals surface area contributed by atoms with Crippen LogP contribution in [-0.4, -0.2) is 72.7 Å². The van der Waals surface area contributed by atoms with Gasteiger partial charge in [0, 0.05) is 50.6 Å². The number of fused-ring (bicyclic) bond motifs is 3. The summed E-state index contributed by atoms with van der Waals surface area (Å²) in [5.74, 6) is -1.54. The predicted octanol–water partition coefficient (Wildman–Crippen LogP) is 5.23. The molecule has 0 N–H and O–H groups in total. The van der Waals surface area contributed by atoms with Gasteiger partial charge >= 0.3 is 24.0 Å². The van der Waals surface area contributed by atoms with Crippen LogP contribution in [0.1, 0.15) is 66.4 Å². The first-order chi connectivity index (χ1) is 20.2. The smallest absolute Gasteiger partial charge is 0.414 e. The number of carbonyl (C=O) groups excluding carboxylic acids is 4. The van der Waals surface area contributed by atoms with Crippen LogP contribution >= 0.6 is 11.6 Å². The van der Waals surface area contributed by atoms with Crippen LogP contribution in [0, 0.1) is 0 Å². The van der Waals surface area contributed by atoms with E-state index in [9.17, 15) is 19.2 Å². The van der Waals surface area contributed by atoms with Crippen molar-refractivity contribution in [2.24, 2.45) is 0 Å². The number of hydrogen-bond donors (Lipinski definition) is 0. The van der Waals surface area contributed by atoms with E-state index in [1.54, 1.807) is 26.8 Å². The van der Waals surface area contributed by atoms with Crippen molar-refractivity contribution in [3.05, 3.63) is 35.9 Å². The number of amides is 1. The zero-order valence-electron chi connectivity index (χ0n) is 25.4. The third-order valence-corrected chi connectivity index (χ3v) is 7.44. The fraction of sp³-hybridized carbons (Fsp3) is 0.548. The van der Waals surface area contributed by atoms with Gasteiger partial charge in [0.1, 0.15) is 17.5 Å². The zero-order chi connectivity index (χ0) is 31.6. The van der Waals surface area contributed by atoms with E-state index in [1.165, 1.54) is 25.7 Å². The van der Waals surface area contributed by atoms with Gasteiger partial charge in [0.05, 0.1) is 5.69 Å². The van der Waals surface area contributed by atoms with Crippen molar-refractivity contribution in [2.45, 2.75) is 97.1 Å². The molecule has 0 radical (unpaired) electrons. The third-order valence-electron chi connectivity index (χ3n) is 7.07. The lowest BCUT2D eigenvalue weighted by Gasteiger charge is -2.44. The average molecular weight is 620 g/mol. The Balaban J connectivity index is 1.83. The van der Waals surface area contributed by atoms with Crippen LogP contribution in [0.15, 0.2) is 30.3 Å². The summed E-state index contributed by atoms with van der Waals surface area (Å²) < 4.78 is 35.0. The van der Waals surface area contributed by atoms with E-state index >= 15 is 0 Å². The van der Waals surface area contributed by atoms with E-state index in [1.807, 2.05) is 31.2 Å². The van der Waals surface area contributed by atoms with Crippen LogP contribution in [0.3, 0.4) is 0 Å². The van der Waals surface area contributed by atoms with Gasteiger partial charge in [-0.3, -0.25) is 19.3 Å². The molecule has 1 amide bonds. The molecule has 2 aliphatic rings. The van der Waals surface area contributed by atoms with Crippen molar-refractivity contribution in [1.29, 1.82) is 0 Å². The molecule has 0 unspecified atom stereocenters. The van der Waals surface area contributed by atoms with E-state index in [-0.39, 0.29) is 11.8 Å². The molecule has 2 aromatic carbocycles. The Labute approximate surface area is 255 Å². The molecule has 12 heteroatoms. The van der Waals surface area contributed by atoms with Gasteiger partial charge in [-0.15, -0.1) is 11.6 Å². The van der Waals surface area contributed by atoms with Crippen LogP contribution in [0.25, 0.3) is 10.8 Å². The summed E-state index contributed by atoms with van der Waals surface area (Å²) in [4.78, 5) is 51.2. The number of hydrogen-bond acceptors (Lipinski definition) is 10. The van der Waals surface area contributed by atoms with Crippen molar-refractivity contribution in [3.63, 3.8) is 0 Å². The maximum atomic E-state index is 13.3. The number of ether oxygens (including phenoxy) is 6. The molecule has 0 saturated carbocycles. The zero-order valence-corrected chi connectivity index (χ0v) is 26.1. The van der Waals surface area contributed by atoms with E-state index in [0.717, 1.165) is 10.9 Å². The number of benzene rings is 2. The summed E-state index contributed by atoms with van der Waals surface area (Å²) in [5.41, 5.74) is 0.720. The highest BCUT2D eigenvalue weighted by Crippen LogP contribution is 2.46. The number of nitrogens with zero attached hydrogens (tertiary/aromatic N) is 1. The average Bonchev–Trinajstić information content (AvgIpc) is 3.29. The van der Waals surface area contributed by atoms with Crippen molar-refractivity contribution in [1.82, 2.24) is 0 Å². The van der Waals surface area contributed by atoms with Gasteiger partial charge in [0.15, 0.2) is 12.2 Å². The Morgan fingerprint density at radius 2 is 1.51 bits per heavy atom. The Morgan fingerprint density at radius 3 is 2.07 bits per heavy atom. The van der Waals surface area contributed by atoms with Crippen LogP contribution in [0.5, 0.6) is 5.75 Å². The minimum atomic E-state index is -1.29. The number of esters is 3.